The van der Waals surface area contributed by atoms with Crippen LogP contribution in [-0.4, -0.2) is 46.1 Å². The van der Waals surface area contributed by atoms with Crippen LogP contribution in [0, 0.1) is 0 Å². The topological polar surface area (TPSA) is 66.3 Å². The minimum Gasteiger partial charge on any atom is -0.476 e. The highest BCUT2D eigenvalue weighted by Gasteiger charge is 2.20. The van der Waals surface area contributed by atoms with Gasteiger partial charge in [0.25, 0.3) is 0 Å². The van der Waals surface area contributed by atoms with Crippen molar-refractivity contribution in [1.82, 2.24) is 9.97 Å². The Morgan fingerprint density at radius 2 is 2.11 bits per heavy atom. The van der Waals surface area contributed by atoms with Gasteiger partial charge in [0.15, 0.2) is 5.69 Å². The van der Waals surface area contributed by atoms with E-state index in [1.807, 2.05) is 32.1 Å². The summed E-state index contributed by atoms with van der Waals surface area (Å²) < 4.78 is 0. The molecule has 0 aliphatic rings. The molecule has 0 aromatic carbocycles. The van der Waals surface area contributed by atoms with Crippen LogP contribution in [0.25, 0.3) is 0 Å². The normalized spacial score (nSPS) is 12.5. The summed E-state index contributed by atoms with van der Waals surface area (Å²) in [7, 11) is 1.88. The van der Waals surface area contributed by atoms with Crippen LogP contribution in [0.15, 0.2) is 6.20 Å². The molecule has 106 valence electrons. The number of carbonyl (C=O) groups is 1. The first-order valence-corrected chi connectivity index (χ1v) is 7.59. The largest absolute Gasteiger partial charge is 0.476 e. The number of hydrogen-bond donors (Lipinski definition) is 1. The molecule has 0 radical (unpaired) electrons. The molecule has 1 aromatic rings. The highest BCUT2D eigenvalue weighted by atomic mass is 32.2. The zero-order valence-electron chi connectivity index (χ0n) is 12.0. The van der Waals surface area contributed by atoms with Gasteiger partial charge in [0.2, 0.25) is 0 Å². The van der Waals surface area contributed by atoms with Gasteiger partial charge in [-0.25, -0.2) is 14.8 Å². The van der Waals surface area contributed by atoms with Gasteiger partial charge in [0.1, 0.15) is 5.82 Å². The molecule has 0 saturated heterocycles. The first-order chi connectivity index (χ1) is 8.88. The van der Waals surface area contributed by atoms with Gasteiger partial charge in [-0.3, -0.25) is 0 Å². The summed E-state index contributed by atoms with van der Waals surface area (Å²) in [5, 5.41) is 9.31. The van der Waals surface area contributed by atoms with Crippen LogP contribution in [-0.2, 0) is 0 Å². The van der Waals surface area contributed by atoms with E-state index in [0.29, 0.717) is 11.5 Å². The SMILES string of the molecule is CSCC(C)N(C)c1cnc(C(C)C)nc1C(=O)O. The van der Waals surface area contributed by atoms with Gasteiger partial charge >= 0.3 is 5.97 Å². The molecule has 1 rings (SSSR count). The molecule has 0 amide bonds. The number of nitrogens with zero attached hydrogens (tertiary/aromatic N) is 3. The minimum atomic E-state index is -1.01. The van der Waals surface area contributed by atoms with E-state index >= 15 is 0 Å². The molecular formula is C13H21N3O2S. The monoisotopic (exact) mass is 283 g/mol. The Labute approximate surface area is 118 Å². The third kappa shape index (κ3) is 3.83. The van der Waals surface area contributed by atoms with Crippen LogP contribution in [0.5, 0.6) is 0 Å². The summed E-state index contributed by atoms with van der Waals surface area (Å²) in [6, 6.07) is 0.224. The highest BCUT2D eigenvalue weighted by molar-refractivity contribution is 7.98. The second-order valence-electron chi connectivity index (χ2n) is 4.84. The second kappa shape index (κ2) is 6.75. The van der Waals surface area contributed by atoms with Gasteiger partial charge in [-0.05, 0) is 13.2 Å². The van der Waals surface area contributed by atoms with Crippen molar-refractivity contribution < 1.29 is 9.90 Å². The van der Waals surface area contributed by atoms with Crippen molar-refractivity contribution in [2.24, 2.45) is 0 Å². The molecule has 0 spiro atoms. The van der Waals surface area contributed by atoms with Crippen LogP contribution in [0.1, 0.15) is 43.0 Å². The van der Waals surface area contributed by atoms with Crippen molar-refractivity contribution in [2.45, 2.75) is 32.7 Å². The fraction of sp³-hybridized carbons (Fsp3) is 0.615. The van der Waals surface area contributed by atoms with Crippen molar-refractivity contribution in [3.05, 3.63) is 17.7 Å². The molecular weight excluding hydrogens is 262 g/mol. The van der Waals surface area contributed by atoms with Crippen molar-refractivity contribution in [3.8, 4) is 0 Å². The lowest BCUT2D eigenvalue weighted by Crippen LogP contribution is -2.32. The summed E-state index contributed by atoms with van der Waals surface area (Å²) in [6.45, 7) is 5.94. The highest BCUT2D eigenvalue weighted by Crippen LogP contribution is 2.22. The maximum absolute atomic E-state index is 11.4. The van der Waals surface area contributed by atoms with Gasteiger partial charge in [-0.1, -0.05) is 13.8 Å². The smallest absolute Gasteiger partial charge is 0.356 e. The van der Waals surface area contributed by atoms with Crippen LogP contribution >= 0.6 is 11.8 Å². The van der Waals surface area contributed by atoms with Gasteiger partial charge in [0.05, 0.1) is 11.9 Å². The molecule has 0 bridgehead atoms. The Bertz CT molecular complexity index is 452. The van der Waals surface area contributed by atoms with Crippen molar-refractivity contribution in [2.75, 3.05) is 24.0 Å². The molecule has 0 fully saturated rings. The van der Waals surface area contributed by atoms with E-state index in [2.05, 4.69) is 16.9 Å². The lowest BCUT2D eigenvalue weighted by Gasteiger charge is -2.27. The molecule has 19 heavy (non-hydrogen) atoms. The molecule has 1 aromatic heterocycles. The summed E-state index contributed by atoms with van der Waals surface area (Å²) in [5.41, 5.74) is 0.646. The maximum Gasteiger partial charge on any atom is 0.356 e. The maximum atomic E-state index is 11.4. The Balaban J connectivity index is 3.16. The fourth-order valence-corrected chi connectivity index (χ4v) is 2.38. The number of aromatic nitrogens is 2. The van der Waals surface area contributed by atoms with Crippen LogP contribution in [0.4, 0.5) is 5.69 Å². The third-order valence-corrected chi connectivity index (χ3v) is 3.77. The number of carboxylic acids is 1. The average Bonchev–Trinajstić information content (AvgIpc) is 2.37. The third-order valence-electron chi connectivity index (χ3n) is 2.96. The number of rotatable bonds is 6. The Hall–Kier alpha value is -1.30. The molecule has 1 unspecified atom stereocenters. The predicted octanol–water partition coefficient (Wildman–Crippen LogP) is 2.49. The van der Waals surface area contributed by atoms with E-state index in [-0.39, 0.29) is 17.7 Å². The van der Waals surface area contributed by atoms with Gasteiger partial charge in [-0.15, -0.1) is 0 Å². The summed E-state index contributed by atoms with van der Waals surface area (Å²) in [5.74, 6) is 0.581. The van der Waals surface area contributed by atoms with Crippen molar-refractivity contribution in [1.29, 1.82) is 0 Å². The fourth-order valence-electron chi connectivity index (χ4n) is 1.67. The van der Waals surface area contributed by atoms with E-state index in [9.17, 15) is 9.90 Å². The number of aromatic carboxylic acids is 1. The Kier molecular flexibility index (Phi) is 5.60. The molecule has 6 heteroatoms. The number of carboxylic acid groups (broad SMARTS) is 1. The molecule has 0 aliphatic carbocycles. The molecule has 0 saturated carbocycles. The number of hydrogen-bond acceptors (Lipinski definition) is 5. The molecule has 1 heterocycles. The van der Waals surface area contributed by atoms with Crippen LogP contribution in [0.3, 0.4) is 0 Å². The average molecular weight is 283 g/mol. The zero-order chi connectivity index (χ0) is 14.6. The van der Waals surface area contributed by atoms with Gasteiger partial charge in [0, 0.05) is 24.8 Å². The molecule has 1 N–H and O–H groups in total. The Morgan fingerprint density at radius 1 is 1.47 bits per heavy atom. The lowest BCUT2D eigenvalue weighted by atomic mass is 10.2. The van der Waals surface area contributed by atoms with E-state index in [1.165, 1.54) is 0 Å². The zero-order valence-corrected chi connectivity index (χ0v) is 12.9. The van der Waals surface area contributed by atoms with E-state index < -0.39 is 5.97 Å². The Morgan fingerprint density at radius 3 is 2.58 bits per heavy atom. The minimum absolute atomic E-state index is 0.0779. The first-order valence-electron chi connectivity index (χ1n) is 6.20. The van der Waals surface area contributed by atoms with Crippen LogP contribution in [0.2, 0.25) is 0 Å². The summed E-state index contributed by atoms with van der Waals surface area (Å²) >= 11 is 1.73. The molecule has 5 nitrogen and oxygen atoms in total. The molecule has 1 atom stereocenters. The van der Waals surface area contributed by atoms with E-state index in [1.54, 1.807) is 18.0 Å². The van der Waals surface area contributed by atoms with E-state index in [4.69, 9.17) is 0 Å². The van der Waals surface area contributed by atoms with Crippen molar-refractivity contribution in [3.63, 3.8) is 0 Å². The van der Waals surface area contributed by atoms with E-state index in [0.717, 1.165) is 5.75 Å². The van der Waals surface area contributed by atoms with Crippen molar-refractivity contribution >= 4 is 23.4 Å². The van der Waals surface area contributed by atoms with Gasteiger partial charge in [-0.2, -0.15) is 11.8 Å². The van der Waals surface area contributed by atoms with Crippen LogP contribution < -0.4 is 4.90 Å². The summed E-state index contributed by atoms with van der Waals surface area (Å²) in [6.07, 6.45) is 3.64. The quantitative estimate of drug-likeness (QED) is 0.865. The molecule has 0 aliphatic heterocycles. The first kappa shape index (κ1) is 15.8. The predicted molar refractivity (Wildman–Crippen MR) is 79.3 cm³/mol. The number of anilines is 1. The van der Waals surface area contributed by atoms with Gasteiger partial charge < -0.3 is 10.0 Å². The number of thioether (sulfide) groups is 1. The lowest BCUT2D eigenvalue weighted by molar-refractivity contribution is 0.0690. The summed E-state index contributed by atoms with van der Waals surface area (Å²) in [4.78, 5) is 21.7. The second-order valence-corrected chi connectivity index (χ2v) is 5.75. The standard InChI is InChI=1S/C13H21N3O2S/c1-8(2)12-14-6-10(11(15-12)13(17)18)16(4)9(3)7-19-5/h6,8-9H,7H2,1-5H3,(H,17,18).